The van der Waals surface area contributed by atoms with Gasteiger partial charge >= 0.3 is 6.03 Å². The summed E-state index contributed by atoms with van der Waals surface area (Å²) in [5, 5.41) is 27.4. The van der Waals surface area contributed by atoms with Crippen molar-refractivity contribution in [3.8, 4) is 23.0 Å². The van der Waals surface area contributed by atoms with Crippen LogP contribution in [0.5, 0.6) is 23.0 Å². The SMILES string of the molecule is COc1cc2c(Oc3ccc(NC(=O)NC4CC4)c(Cl)c3)ccnc2cc1OCC(O)CC(O)CC(=O)N1CCOCC1. The number of carbonyl (C=O) groups excluding carboxylic acids is 2. The molecule has 2 aliphatic rings. The number of nitrogens with one attached hydrogen (secondary N) is 2. The first-order valence-corrected chi connectivity index (χ1v) is 14.5. The Bertz CT molecular complexity index is 1450. The molecule has 0 spiro atoms. The minimum atomic E-state index is -1.02. The summed E-state index contributed by atoms with van der Waals surface area (Å²) in [5.41, 5.74) is 1.02. The van der Waals surface area contributed by atoms with Crippen LogP contribution in [-0.2, 0) is 9.53 Å². The first-order chi connectivity index (χ1) is 20.8. The van der Waals surface area contributed by atoms with Gasteiger partial charge in [-0.2, -0.15) is 0 Å². The Labute approximate surface area is 253 Å². The number of hydrogen-bond donors (Lipinski definition) is 4. The average molecular weight is 615 g/mol. The van der Waals surface area contributed by atoms with E-state index in [1.807, 2.05) is 0 Å². The Morgan fingerprint density at radius 2 is 1.88 bits per heavy atom. The number of aliphatic hydroxyl groups is 2. The van der Waals surface area contributed by atoms with Crippen molar-refractivity contribution in [2.24, 2.45) is 0 Å². The molecule has 1 aliphatic heterocycles. The van der Waals surface area contributed by atoms with Crippen LogP contribution in [0.25, 0.3) is 10.9 Å². The van der Waals surface area contributed by atoms with Crippen molar-refractivity contribution in [2.45, 2.75) is 43.9 Å². The molecule has 2 unspecified atom stereocenters. The topological polar surface area (TPSA) is 152 Å². The molecule has 2 aromatic carbocycles. The van der Waals surface area contributed by atoms with Gasteiger partial charge in [-0.25, -0.2) is 4.79 Å². The Morgan fingerprint density at radius 1 is 1.09 bits per heavy atom. The van der Waals surface area contributed by atoms with E-state index in [4.69, 9.17) is 30.5 Å². The monoisotopic (exact) mass is 614 g/mol. The maximum absolute atomic E-state index is 12.4. The number of halogens is 1. The van der Waals surface area contributed by atoms with Crippen LogP contribution in [0.4, 0.5) is 10.5 Å². The summed E-state index contributed by atoms with van der Waals surface area (Å²) in [6, 6.07) is 9.99. The number of benzene rings is 2. The van der Waals surface area contributed by atoms with Crippen LogP contribution >= 0.6 is 11.6 Å². The van der Waals surface area contributed by atoms with Gasteiger partial charge in [-0.3, -0.25) is 9.78 Å². The lowest BCUT2D eigenvalue weighted by Gasteiger charge is -2.28. The predicted molar refractivity (Wildman–Crippen MR) is 159 cm³/mol. The molecular formula is C30H35ClN4O8. The van der Waals surface area contributed by atoms with Gasteiger partial charge in [0, 0.05) is 49.3 Å². The highest BCUT2D eigenvalue weighted by atomic mass is 35.5. The van der Waals surface area contributed by atoms with Crippen LogP contribution in [0, 0.1) is 0 Å². The number of morpholine rings is 1. The molecule has 2 heterocycles. The number of hydrogen-bond acceptors (Lipinski definition) is 9. The predicted octanol–water partition coefficient (Wildman–Crippen LogP) is 3.71. The fraction of sp³-hybridized carbons (Fsp3) is 0.433. The van der Waals surface area contributed by atoms with Crippen molar-refractivity contribution in [3.63, 3.8) is 0 Å². The van der Waals surface area contributed by atoms with Gasteiger partial charge in [0.15, 0.2) is 11.5 Å². The summed E-state index contributed by atoms with van der Waals surface area (Å²) in [5.74, 6) is 1.51. The summed E-state index contributed by atoms with van der Waals surface area (Å²) in [4.78, 5) is 30.5. The molecule has 5 rings (SSSR count). The molecule has 230 valence electrons. The molecular weight excluding hydrogens is 580 g/mol. The fourth-order valence-corrected chi connectivity index (χ4v) is 4.86. The summed E-state index contributed by atoms with van der Waals surface area (Å²) >= 11 is 6.40. The number of fused-ring (bicyclic) bond motifs is 1. The molecule has 0 radical (unpaired) electrons. The van der Waals surface area contributed by atoms with E-state index in [1.165, 1.54) is 7.11 Å². The van der Waals surface area contributed by atoms with Crippen molar-refractivity contribution in [1.82, 2.24) is 15.2 Å². The number of urea groups is 1. The Morgan fingerprint density at radius 3 is 2.60 bits per heavy atom. The Hall–Kier alpha value is -3.84. The lowest BCUT2D eigenvalue weighted by atomic mass is 10.1. The van der Waals surface area contributed by atoms with Gasteiger partial charge < -0.3 is 44.7 Å². The number of rotatable bonds is 12. The van der Waals surface area contributed by atoms with E-state index < -0.39 is 12.2 Å². The number of aliphatic hydroxyl groups excluding tert-OH is 2. The summed E-state index contributed by atoms with van der Waals surface area (Å²) in [6.45, 7) is 1.83. The van der Waals surface area contributed by atoms with E-state index in [0.717, 1.165) is 12.8 Å². The van der Waals surface area contributed by atoms with Gasteiger partial charge in [-0.15, -0.1) is 0 Å². The van der Waals surface area contributed by atoms with Crippen molar-refractivity contribution >= 4 is 40.1 Å². The molecule has 0 bridgehead atoms. The molecule has 13 heteroatoms. The molecule has 3 amide bonds. The van der Waals surface area contributed by atoms with E-state index in [-0.39, 0.29) is 37.4 Å². The second-order valence-electron chi connectivity index (χ2n) is 10.5. The van der Waals surface area contributed by atoms with Crippen LogP contribution in [-0.4, -0.2) is 90.3 Å². The average Bonchev–Trinajstić information content (AvgIpc) is 3.81. The summed E-state index contributed by atoms with van der Waals surface area (Å²) in [6.07, 6.45) is 1.43. The van der Waals surface area contributed by atoms with E-state index in [9.17, 15) is 19.8 Å². The molecule has 12 nitrogen and oxygen atoms in total. The van der Waals surface area contributed by atoms with Crippen LogP contribution in [0.15, 0.2) is 42.6 Å². The van der Waals surface area contributed by atoms with Crippen molar-refractivity contribution in [2.75, 3.05) is 45.3 Å². The third-order valence-electron chi connectivity index (χ3n) is 7.07. The molecule has 1 saturated heterocycles. The molecule has 3 aromatic rings. The molecule has 2 atom stereocenters. The zero-order chi connectivity index (χ0) is 30.3. The third kappa shape index (κ3) is 8.38. The maximum atomic E-state index is 12.4. The maximum Gasteiger partial charge on any atom is 0.319 e. The quantitative estimate of drug-likeness (QED) is 0.239. The van der Waals surface area contributed by atoms with Crippen molar-refractivity contribution < 1.29 is 38.7 Å². The first-order valence-electron chi connectivity index (χ1n) is 14.1. The Kier molecular flexibility index (Phi) is 10.0. The van der Waals surface area contributed by atoms with Crippen LogP contribution in [0.1, 0.15) is 25.7 Å². The third-order valence-corrected chi connectivity index (χ3v) is 7.38. The smallest absolute Gasteiger partial charge is 0.319 e. The number of methoxy groups -OCH3 is 1. The van der Waals surface area contributed by atoms with Gasteiger partial charge in [0.05, 0.1) is 55.2 Å². The lowest BCUT2D eigenvalue weighted by Crippen LogP contribution is -2.42. The van der Waals surface area contributed by atoms with Gasteiger partial charge in [-0.1, -0.05) is 11.6 Å². The van der Waals surface area contributed by atoms with Crippen molar-refractivity contribution in [1.29, 1.82) is 0 Å². The fourth-order valence-electron chi connectivity index (χ4n) is 4.64. The standard InChI is InChI=1S/C30H35ClN4O8/c1-40-27-15-22-25(16-28(27)42-17-20(37)12-19(36)13-29(38)35-8-10-41-11-9-35)32-7-6-26(22)43-21-4-5-24(23(31)14-21)34-30(39)33-18-2-3-18/h4-7,14-16,18-20,36-37H,2-3,8-13,17H2,1H3,(H2,33,34,39). The van der Waals surface area contributed by atoms with Crippen LogP contribution in [0.2, 0.25) is 5.02 Å². The van der Waals surface area contributed by atoms with Crippen LogP contribution < -0.4 is 24.8 Å². The highest BCUT2D eigenvalue weighted by Crippen LogP contribution is 2.38. The summed E-state index contributed by atoms with van der Waals surface area (Å²) < 4.78 is 22.7. The summed E-state index contributed by atoms with van der Waals surface area (Å²) in [7, 11) is 1.49. The zero-order valence-electron chi connectivity index (χ0n) is 23.8. The van der Waals surface area contributed by atoms with E-state index in [2.05, 4.69) is 15.6 Å². The molecule has 1 aromatic heterocycles. The van der Waals surface area contributed by atoms with Gasteiger partial charge in [-0.05, 0) is 37.1 Å². The van der Waals surface area contributed by atoms with E-state index in [0.29, 0.717) is 70.9 Å². The number of ether oxygens (including phenoxy) is 4. The molecule has 4 N–H and O–H groups in total. The normalized spacial score (nSPS) is 16.3. The Balaban J connectivity index is 1.20. The number of amides is 3. The number of nitrogens with zero attached hydrogens (tertiary/aromatic N) is 2. The van der Waals surface area contributed by atoms with Gasteiger partial charge in [0.25, 0.3) is 0 Å². The second kappa shape index (κ2) is 14.1. The van der Waals surface area contributed by atoms with Gasteiger partial charge in [0.2, 0.25) is 5.91 Å². The molecule has 1 aliphatic carbocycles. The van der Waals surface area contributed by atoms with Crippen LogP contribution in [0.3, 0.4) is 0 Å². The van der Waals surface area contributed by atoms with E-state index >= 15 is 0 Å². The molecule has 1 saturated carbocycles. The lowest BCUT2D eigenvalue weighted by molar-refractivity contribution is -0.137. The zero-order valence-corrected chi connectivity index (χ0v) is 24.5. The van der Waals surface area contributed by atoms with Crippen molar-refractivity contribution in [3.05, 3.63) is 47.6 Å². The highest BCUT2D eigenvalue weighted by Gasteiger charge is 2.24. The molecule has 2 fully saturated rings. The van der Waals surface area contributed by atoms with Gasteiger partial charge in [0.1, 0.15) is 18.1 Å². The number of pyridine rings is 1. The largest absolute Gasteiger partial charge is 0.493 e. The minimum absolute atomic E-state index is 0.0235. The van der Waals surface area contributed by atoms with E-state index in [1.54, 1.807) is 47.5 Å². The molecule has 43 heavy (non-hydrogen) atoms. The number of aromatic nitrogens is 1. The first kappa shape index (κ1) is 30.6. The number of carbonyl (C=O) groups is 2. The number of anilines is 1. The minimum Gasteiger partial charge on any atom is -0.493 e. The second-order valence-corrected chi connectivity index (χ2v) is 10.9. The highest BCUT2D eigenvalue weighted by molar-refractivity contribution is 6.33.